The van der Waals surface area contributed by atoms with Gasteiger partial charge in [0.05, 0.1) is 11.1 Å². The summed E-state index contributed by atoms with van der Waals surface area (Å²) >= 11 is 12.0. The number of aliphatic hydroxyl groups is 1. The maximum Gasteiger partial charge on any atom is 0.244 e. The maximum absolute atomic E-state index is 11.9. The molecule has 3 nitrogen and oxygen atoms in total. The van der Waals surface area contributed by atoms with Gasteiger partial charge in [0.1, 0.15) is 0 Å². The summed E-state index contributed by atoms with van der Waals surface area (Å²) in [5, 5.41) is 13.7. The summed E-state index contributed by atoms with van der Waals surface area (Å²) in [6.45, 7) is 6.78. The molecule has 1 amide bonds. The molecule has 0 fully saturated rings. The van der Waals surface area contributed by atoms with Crippen molar-refractivity contribution in [3.8, 4) is 0 Å². The lowest BCUT2D eigenvalue weighted by molar-refractivity contribution is -0.121. The third-order valence-electron chi connectivity index (χ3n) is 3.37. The molecule has 0 aliphatic rings. The standard InChI is InChI=1S/C15H19Cl2NO2/c1-14(2,15(3,4)20)18-13(19)9-8-10-11(16)6-5-7-12(10)17/h5-9,20H,1-4H3,(H,18,19)/b9-8+. The fraction of sp³-hybridized carbons (Fsp3) is 0.400. The van der Waals surface area contributed by atoms with Crippen molar-refractivity contribution in [1.29, 1.82) is 0 Å². The van der Waals surface area contributed by atoms with Crippen LogP contribution in [-0.2, 0) is 4.79 Å². The number of benzene rings is 1. The third kappa shape index (κ3) is 4.23. The van der Waals surface area contributed by atoms with E-state index in [0.717, 1.165) is 0 Å². The van der Waals surface area contributed by atoms with Crippen LogP contribution in [-0.4, -0.2) is 22.2 Å². The third-order valence-corrected chi connectivity index (χ3v) is 4.03. The van der Waals surface area contributed by atoms with E-state index in [2.05, 4.69) is 5.32 Å². The quantitative estimate of drug-likeness (QED) is 0.833. The van der Waals surface area contributed by atoms with Crippen LogP contribution in [0.5, 0.6) is 0 Å². The second kappa shape index (κ2) is 6.17. The monoisotopic (exact) mass is 315 g/mol. The number of carbonyl (C=O) groups is 1. The Bertz CT molecular complexity index is 511. The van der Waals surface area contributed by atoms with Gasteiger partial charge in [0.2, 0.25) is 5.91 Å². The second-order valence-electron chi connectivity index (χ2n) is 5.64. The van der Waals surface area contributed by atoms with Crippen LogP contribution in [0.25, 0.3) is 6.08 Å². The minimum absolute atomic E-state index is 0.326. The molecule has 0 unspecified atom stereocenters. The van der Waals surface area contributed by atoms with Crippen molar-refractivity contribution in [1.82, 2.24) is 5.32 Å². The number of amides is 1. The lowest BCUT2D eigenvalue weighted by Gasteiger charge is -2.37. The van der Waals surface area contributed by atoms with Crippen molar-refractivity contribution in [3.05, 3.63) is 39.9 Å². The molecule has 1 aromatic rings. The summed E-state index contributed by atoms with van der Waals surface area (Å²) in [6.07, 6.45) is 2.90. The molecule has 0 aliphatic carbocycles. The van der Waals surface area contributed by atoms with Crippen molar-refractivity contribution in [2.75, 3.05) is 0 Å². The zero-order valence-electron chi connectivity index (χ0n) is 12.0. The Morgan fingerprint density at radius 2 is 1.70 bits per heavy atom. The number of hydrogen-bond donors (Lipinski definition) is 2. The molecular weight excluding hydrogens is 297 g/mol. The molecule has 0 saturated heterocycles. The van der Waals surface area contributed by atoms with Gasteiger partial charge in [-0.25, -0.2) is 0 Å². The average Bonchev–Trinajstić information content (AvgIpc) is 2.26. The highest BCUT2D eigenvalue weighted by Gasteiger charge is 2.35. The Labute approximate surface area is 129 Å². The molecule has 110 valence electrons. The Morgan fingerprint density at radius 1 is 1.20 bits per heavy atom. The molecule has 0 bridgehead atoms. The number of nitrogens with one attached hydrogen (secondary N) is 1. The first-order valence-electron chi connectivity index (χ1n) is 6.21. The molecule has 0 aromatic heterocycles. The van der Waals surface area contributed by atoms with E-state index in [4.69, 9.17) is 23.2 Å². The Hall–Kier alpha value is -1.03. The van der Waals surface area contributed by atoms with Crippen molar-refractivity contribution >= 4 is 35.2 Å². The van der Waals surface area contributed by atoms with Crippen molar-refractivity contribution in [2.45, 2.75) is 38.8 Å². The maximum atomic E-state index is 11.9. The second-order valence-corrected chi connectivity index (χ2v) is 6.46. The summed E-state index contributed by atoms with van der Waals surface area (Å²) < 4.78 is 0. The molecule has 20 heavy (non-hydrogen) atoms. The molecule has 1 aromatic carbocycles. The van der Waals surface area contributed by atoms with Gasteiger partial charge in [-0.2, -0.15) is 0 Å². The van der Waals surface area contributed by atoms with E-state index in [1.807, 2.05) is 0 Å². The highest BCUT2D eigenvalue weighted by Crippen LogP contribution is 2.25. The van der Waals surface area contributed by atoms with Crippen molar-refractivity contribution in [2.24, 2.45) is 0 Å². The molecule has 0 spiro atoms. The predicted molar refractivity (Wildman–Crippen MR) is 84.0 cm³/mol. The van der Waals surface area contributed by atoms with E-state index in [9.17, 15) is 9.90 Å². The molecule has 0 saturated carbocycles. The number of carbonyl (C=O) groups excluding carboxylic acids is 1. The number of rotatable bonds is 4. The Kier molecular flexibility index (Phi) is 5.25. The van der Waals surface area contributed by atoms with Gasteiger partial charge < -0.3 is 10.4 Å². The van der Waals surface area contributed by atoms with E-state index in [1.165, 1.54) is 6.08 Å². The summed E-state index contributed by atoms with van der Waals surface area (Å²) in [7, 11) is 0. The molecule has 5 heteroatoms. The van der Waals surface area contributed by atoms with Crippen LogP contribution in [0.3, 0.4) is 0 Å². The lowest BCUT2D eigenvalue weighted by Crippen LogP contribution is -2.57. The first-order chi connectivity index (χ1) is 9.04. The number of halogens is 2. The van der Waals surface area contributed by atoms with Gasteiger partial charge in [-0.15, -0.1) is 0 Å². The lowest BCUT2D eigenvalue weighted by atomic mass is 9.86. The highest BCUT2D eigenvalue weighted by molar-refractivity contribution is 6.37. The minimum Gasteiger partial charge on any atom is -0.388 e. The highest BCUT2D eigenvalue weighted by atomic mass is 35.5. The molecule has 0 atom stereocenters. The smallest absolute Gasteiger partial charge is 0.244 e. The van der Waals surface area contributed by atoms with E-state index in [0.29, 0.717) is 15.6 Å². The van der Waals surface area contributed by atoms with Gasteiger partial charge in [-0.1, -0.05) is 29.3 Å². The van der Waals surface area contributed by atoms with Gasteiger partial charge in [-0.05, 0) is 45.9 Å². The minimum atomic E-state index is -1.04. The fourth-order valence-corrected chi connectivity index (χ4v) is 1.86. The molecule has 2 N–H and O–H groups in total. The van der Waals surface area contributed by atoms with Crippen LogP contribution in [0, 0.1) is 0 Å². The SMILES string of the molecule is CC(C)(O)C(C)(C)NC(=O)/C=C/c1c(Cl)cccc1Cl. The summed E-state index contributed by atoms with van der Waals surface area (Å²) in [5.74, 6) is -0.326. The van der Waals surface area contributed by atoms with Gasteiger partial charge in [-0.3, -0.25) is 4.79 Å². The van der Waals surface area contributed by atoms with E-state index in [1.54, 1.807) is 52.0 Å². The van der Waals surface area contributed by atoms with Crippen LogP contribution in [0.1, 0.15) is 33.3 Å². The molecule has 0 heterocycles. The zero-order valence-corrected chi connectivity index (χ0v) is 13.5. The molecular formula is C15H19Cl2NO2. The van der Waals surface area contributed by atoms with Crippen LogP contribution in [0.2, 0.25) is 10.0 Å². The molecule has 0 radical (unpaired) electrons. The van der Waals surface area contributed by atoms with Crippen molar-refractivity contribution in [3.63, 3.8) is 0 Å². The fourth-order valence-electron chi connectivity index (χ4n) is 1.33. The van der Waals surface area contributed by atoms with E-state index < -0.39 is 11.1 Å². The number of hydrogen-bond acceptors (Lipinski definition) is 2. The van der Waals surface area contributed by atoms with Crippen molar-refractivity contribution < 1.29 is 9.90 Å². The van der Waals surface area contributed by atoms with Crippen LogP contribution in [0.4, 0.5) is 0 Å². The Balaban J connectivity index is 2.84. The van der Waals surface area contributed by atoms with E-state index in [-0.39, 0.29) is 5.91 Å². The summed E-state index contributed by atoms with van der Waals surface area (Å²) in [6, 6.07) is 5.14. The summed E-state index contributed by atoms with van der Waals surface area (Å²) in [5.41, 5.74) is -1.22. The first-order valence-corrected chi connectivity index (χ1v) is 6.97. The predicted octanol–water partition coefficient (Wildman–Crippen LogP) is 3.67. The first kappa shape index (κ1) is 17.0. The van der Waals surface area contributed by atoms with Gasteiger partial charge in [0, 0.05) is 21.7 Å². The van der Waals surface area contributed by atoms with E-state index >= 15 is 0 Å². The average molecular weight is 316 g/mol. The molecule has 0 aliphatic heterocycles. The summed E-state index contributed by atoms with van der Waals surface area (Å²) in [4.78, 5) is 11.9. The largest absolute Gasteiger partial charge is 0.388 e. The van der Waals surface area contributed by atoms with Crippen LogP contribution in [0.15, 0.2) is 24.3 Å². The van der Waals surface area contributed by atoms with Gasteiger partial charge >= 0.3 is 0 Å². The van der Waals surface area contributed by atoms with Gasteiger partial charge in [0.15, 0.2) is 0 Å². The zero-order chi connectivity index (χ0) is 15.6. The Morgan fingerprint density at radius 3 is 2.15 bits per heavy atom. The van der Waals surface area contributed by atoms with Crippen LogP contribution >= 0.6 is 23.2 Å². The topological polar surface area (TPSA) is 49.3 Å². The normalized spacial score (nSPS) is 12.8. The molecule has 1 rings (SSSR count). The van der Waals surface area contributed by atoms with Gasteiger partial charge in [0.25, 0.3) is 0 Å². The van der Waals surface area contributed by atoms with Crippen LogP contribution < -0.4 is 5.32 Å².